The van der Waals surface area contributed by atoms with Crippen molar-refractivity contribution in [2.45, 2.75) is 0 Å². The van der Waals surface area contributed by atoms with Gasteiger partial charge in [-0.2, -0.15) is 0 Å². The maximum absolute atomic E-state index is 6.30. The molecule has 0 atom stereocenters. The first kappa shape index (κ1) is 14.7. The molecule has 0 bridgehead atoms. The van der Waals surface area contributed by atoms with Gasteiger partial charge in [-0.3, -0.25) is 0 Å². The van der Waals surface area contributed by atoms with Crippen LogP contribution in [0.1, 0.15) is 0 Å². The average molecular weight is 331 g/mol. The Hall–Kier alpha value is -2.84. The lowest BCUT2D eigenvalue weighted by Gasteiger charge is -2.13. The van der Waals surface area contributed by atoms with Crippen molar-refractivity contribution in [1.29, 1.82) is 0 Å². The molecule has 24 heavy (non-hydrogen) atoms. The van der Waals surface area contributed by atoms with Gasteiger partial charge in [-0.15, -0.1) is 0 Å². The molecule has 2 nitrogen and oxygen atoms in total. The third kappa shape index (κ3) is 2.84. The van der Waals surface area contributed by atoms with Gasteiger partial charge in [-0.05, 0) is 24.3 Å². The maximum Gasteiger partial charge on any atom is 0.0730 e. The lowest BCUT2D eigenvalue weighted by atomic mass is 10.1. The molecule has 116 valence electrons. The molecule has 3 heteroatoms. The lowest BCUT2D eigenvalue weighted by Crippen LogP contribution is -1.95. The lowest BCUT2D eigenvalue weighted by molar-refractivity contribution is 1.39. The molecule has 1 heterocycles. The number of nitrogens with zero attached hydrogens (tertiary/aromatic N) is 1. The fraction of sp³-hybridized carbons (Fsp3) is 0. The third-order valence-electron chi connectivity index (χ3n) is 3.93. The van der Waals surface area contributed by atoms with E-state index >= 15 is 0 Å². The summed E-state index contributed by atoms with van der Waals surface area (Å²) in [6.45, 7) is 0. The number of benzene rings is 3. The second kappa shape index (κ2) is 6.34. The molecule has 0 spiro atoms. The van der Waals surface area contributed by atoms with Crippen molar-refractivity contribution < 1.29 is 0 Å². The Morgan fingerprint density at radius 3 is 2.25 bits per heavy atom. The fourth-order valence-electron chi connectivity index (χ4n) is 2.74. The Bertz CT molecular complexity index is 997. The second-order valence-electron chi connectivity index (χ2n) is 5.54. The van der Waals surface area contributed by atoms with Gasteiger partial charge in [0.15, 0.2) is 0 Å². The van der Waals surface area contributed by atoms with Gasteiger partial charge in [0.1, 0.15) is 0 Å². The van der Waals surface area contributed by atoms with Crippen LogP contribution in [0.4, 0.5) is 11.4 Å². The highest BCUT2D eigenvalue weighted by molar-refractivity contribution is 6.33. The molecule has 0 fully saturated rings. The molecular formula is C21H15ClN2. The third-order valence-corrected chi connectivity index (χ3v) is 4.26. The zero-order valence-corrected chi connectivity index (χ0v) is 13.7. The monoisotopic (exact) mass is 330 g/mol. The molecule has 0 unspecified atom stereocenters. The van der Waals surface area contributed by atoms with Crippen molar-refractivity contribution in [2.75, 3.05) is 5.32 Å². The highest BCUT2D eigenvalue weighted by Crippen LogP contribution is 2.32. The number of hydrogen-bond acceptors (Lipinski definition) is 2. The van der Waals surface area contributed by atoms with Gasteiger partial charge >= 0.3 is 0 Å². The number of halogens is 1. The summed E-state index contributed by atoms with van der Waals surface area (Å²) in [4.78, 5) is 4.80. The summed E-state index contributed by atoms with van der Waals surface area (Å²) >= 11 is 6.30. The van der Waals surface area contributed by atoms with Crippen LogP contribution in [-0.2, 0) is 0 Å². The molecular weight excluding hydrogens is 316 g/mol. The van der Waals surface area contributed by atoms with E-state index < -0.39 is 0 Å². The van der Waals surface area contributed by atoms with E-state index in [0.717, 1.165) is 33.5 Å². The zero-order valence-electron chi connectivity index (χ0n) is 12.9. The molecule has 4 rings (SSSR count). The van der Waals surface area contributed by atoms with Gasteiger partial charge in [0.05, 0.1) is 27.6 Å². The number of para-hydroxylation sites is 2. The number of rotatable bonds is 3. The molecule has 1 N–H and O–H groups in total. The highest BCUT2D eigenvalue weighted by Gasteiger charge is 2.08. The molecule has 0 aliphatic heterocycles. The van der Waals surface area contributed by atoms with Crippen LogP contribution in [-0.4, -0.2) is 4.98 Å². The van der Waals surface area contributed by atoms with Crippen molar-refractivity contribution >= 4 is 33.9 Å². The molecule has 0 aliphatic carbocycles. The molecule has 4 aromatic rings. The zero-order chi connectivity index (χ0) is 16.4. The van der Waals surface area contributed by atoms with Crippen LogP contribution in [0, 0.1) is 0 Å². The van der Waals surface area contributed by atoms with Crippen molar-refractivity contribution in [3.8, 4) is 11.3 Å². The quantitative estimate of drug-likeness (QED) is 0.477. The Morgan fingerprint density at radius 2 is 1.42 bits per heavy atom. The highest BCUT2D eigenvalue weighted by atomic mass is 35.5. The number of fused-ring (bicyclic) bond motifs is 1. The number of pyridine rings is 1. The van der Waals surface area contributed by atoms with Crippen LogP contribution in [0.2, 0.25) is 5.02 Å². The first-order chi connectivity index (χ1) is 11.8. The number of anilines is 2. The minimum absolute atomic E-state index is 0.694. The van der Waals surface area contributed by atoms with E-state index in [1.54, 1.807) is 0 Å². The Balaban J connectivity index is 1.88. The van der Waals surface area contributed by atoms with Gasteiger partial charge in [-0.1, -0.05) is 72.3 Å². The average Bonchev–Trinajstić information content (AvgIpc) is 2.64. The van der Waals surface area contributed by atoms with Gasteiger partial charge < -0.3 is 5.32 Å². The van der Waals surface area contributed by atoms with E-state index in [9.17, 15) is 0 Å². The number of hydrogen-bond donors (Lipinski definition) is 1. The van der Waals surface area contributed by atoms with Gasteiger partial charge in [0.25, 0.3) is 0 Å². The van der Waals surface area contributed by atoms with Crippen molar-refractivity contribution in [3.63, 3.8) is 0 Å². The Kier molecular flexibility index (Phi) is 3.89. The summed E-state index contributed by atoms with van der Waals surface area (Å²) in [5, 5.41) is 5.21. The number of aromatic nitrogens is 1. The summed E-state index contributed by atoms with van der Waals surface area (Å²) in [7, 11) is 0. The molecule has 1 aromatic heterocycles. The van der Waals surface area contributed by atoms with Crippen LogP contribution in [0.3, 0.4) is 0 Å². The molecule has 3 aromatic carbocycles. The van der Waals surface area contributed by atoms with Gasteiger partial charge in [-0.25, -0.2) is 4.98 Å². The first-order valence-electron chi connectivity index (χ1n) is 7.78. The minimum Gasteiger partial charge on any atom is -0.354 e. The predicted molar refractivity (Wildman–Crippen MR) is 102 cm³/mol. The SMILES string of the molecule is Clc1ccccc1Nc1cc(-c2ccccc2)nc2ccccc12. The summed E-state index contributed by atoms with van der Waals surface area (Å²) in [5.74, 6) is 0. The van der Waals surface area contributed by atoms with Gasteiger partial charge in [0.2, 0.25) is 0 Å². The minimum atomic E-state index is 0.694. The van der Waals surface area contributed by atoms with Gasteiger partial charge in [0, 0.05) is 10.9 Å². The molecule has 0 saturated carbocycles. The Morgan fingerprint density at radius 1 is 0.708 bits per heavy atom. The maximum atomic E-state index is 6.30. The largest absolute Gasteiger partial charge is 0.354 e. The van der Waals surface area contributed by atoms with E-state index in [4.69, 9.17) is 16.6 Å². The second-order valence-corrected chi connectivity index (χ2v) is 5.95. The van der Waals surface area contributed by atoms with E-state index in [-0.39, 0.29) is 0 Å². The van der Waals surface area contributed by atoms with Crippen molar-refractivity contribution in [3.05, 3.63) is 90.0 Å². The summed E-state index contributed by atoms with van der Waals surface area (Å²) in [5.41, 5.74) is 4.85. The van der Waals surface area contributed by atoms with Crippen LogP contribution in [0.25, 0.3) is 22.2 Å². The van der Waals surface area contributed by atoms with E-state index in [1.807, 2.05) is 60.7 Å². The topological polar surface area (TPSA) is 24.9 Å². The van der Waals surface area contributed by atoms with E-state index in [0.29, 0.717) is 5.02 Å². The number of nitrogens with one attached hydrogen (secondary N) is 1. The predicted octanol–water partition coefficient (Wildman–Crippen LogP) is 6.30. The smallest absolute Gasteiger partial charge is 0.0730 e. The van der Waals surface area contributed by atoms with Crippen molar-refractivity contribution in [2.24, 2.45) is 0 Å². The van der Waals surface area contributed by atoms with Crippen LogP contribution in [0.15, 0.2) is 84.9 Å². The normalized spacial score (nSPS) is 10.7. The van der Waals surface area contributed by atoms with E-state index in [1.165, 1.54) is 0 Å². The van der Waals surface area contributed by atoms with Crippen LogP contribution >= 0.6 is 11.6 Å². The van der Waals surface area contributed by atoms with E-state index in [2.05, 4.69) is 29.6 Å². The van der Waals surface area contributed by atoms with Crippen LogP contribution in [0.5, 0.6) is 0 Å². The molecule has 0 aliphatic rings. The standard InChI is InChI=1S/C21H15ClN2/c22-17-11-5-7-13-19(17)24-21-14-20(15-8-2-1-3-9-15)23-18-12-6-4-10-16(18)21/h1-14H,(H,23,24). The first-order valence-corrected chi connectivity index (χ1v) is 8.16. The van der Waals surface area contributed by atoms with Crippen LogP contribution < -0.4 is 5.32 Å². The fourth-order valence-corrected chi connectivity index (χ4v) is 2.93. The molecule has 0 amide bonds. The molecule has 0 radical (unpaired) electrons. The summed E-state index contributed by atoms with van der Waals surface area (Å²) in [6.07, 6.45) is 0. The summed E-state index contributed by atoms with van der Waals surface area (Å²) in [6, 6.07) is 28.1. The Labute approximate surface area is 145 Å². The molecule has 0 saturated heterocycles. The summed E-state index contributed by atoms with van der Waals surface area (Å²) < 4.78 is 0. The van der Waals surface area contributed by atoms with Crippen molar-refractivity contribution in [1.82, 2.24) is 4.98 Å².